The summed E-state index contributed by atoms with van der Waals surface area (Å²) in [7, 11) is -9.67. The minimum absolute atomic E-state index is 0.0171. The van der Waals surface area contributed by atoms with Gasteiger partial charge in [-0.15, -0.1) is 5.06 Å². The predicted octanol–water partition coefficient (Wildman–Crippen LogP) is 9.89. The van der Waals surface area contributed by atoms with Crippen molar-refractivity contribution in [2.75, 3.05) is 35.2 Å². The fourth-order valence-electron chi connectivity index (χ4n) is 8.55. The van der Waals surface area contributed by atoms with Crippen molar-refractivity contribution in [2.45, 2.75) is 193 Å². The summed E-state index contributed by atoms with van der Waals surface area (Å²) in [5.41, 5.74) is 3.83. The van der Waals surface area contributed by atoms with Crippen molar-refractivity contribution in [2.24, 2.45) is 0 Å². The molecular formula is C63H92F2N8O15S2Si2. The normalized spacial score (nSPS) is 15.3. The fraction of sp³-hybridized carbons (Fsp3) is 0.540. The number of hydrogen-bond acceptors (Lipinski definition) is 18. The molecule has 1 aliphatic heterocycles. The van der Waals surface area contributed by atoms with Crippen LogP contribution in [-0.4, -0.2) is 161 Å². The summed E-state index contributed by atoms with van der Waals surface area (Å²) in [4.78, 5) is 84.2. The molecule has 0 radical (unpaired) electrons. The van der Waals surface area contributed by atoms with E-state index in [-0.39, 0.29) is 65.9 Å². The number of carbonyl (C=O) groups excluding carboxylic acids is 4. The first kappa shape index (κ1) is 77.7. The smallest absolute Gasteiger partial charge is 0.335 e. The maximum absolute atomic E-state index is 14.1. The number of carbonyl (C=O) groups is 5. The Morgan fingerprint density at radius 3 is 1.45 bits per heavy atom. The standard InChI is InChI=1S/C38H59FN4O8SSi2.C25H33FN4O7S/c1-25(2)34-30(35(26-15-17-27(39)18-16-26)41-36(40-34)42(9)52(10,47)48)20-19-28(50-53(11,12)37(3,4)5)23-29(51-54(13,14)38(6,7)8)24-33(46)49-43-31(44)21-22-32(43)45;1-14(2)22-20(11-10-18(31)12-19(32)13-21(33)27-15(3)24(34)35)23(16-6-8-17(26)9-7-16)29-25(28-22)30(4)38(5,36)37/h15-20,25,28-29H,21-24H2,1-14H3;6-11,14-15,18-19,31-32H,12-13H2,1-5H3,(H,27,33)(H,34,35)/b20-19+;11-10+/t28-,29+;15-,18-,19+/m10/s1. The van der Waals surface area contributed by atoms with E-state index in [1.807, 2.05) is 39.8 Å². The summed E-state index contributed by atoms with van der Waals surface area (Å²) in [5.74, 6) is -5.18. The minimum atomic E-state index is -3.71. The van der Waals surface area contributed by atoms with Gasteiger partial charge in [0.25, 0.3) is 11.8 Å². The third-order valence-corrected chi connectivity index (χ3v) is 27.4. The average molecular weight is 1360 g/mol. The van der Waals surface area contributed by atoms with Crippen LogP contribution in [0.1, 0.15) is 149 Å². The van der Waals surface area contributed by atoms with Gasteiger partial charge in [0.1, 0.15) is 17.7 Å². The second-order valence-electron chi connectivity index (χ2n) is 26.5. The van der Waals surface area contributed by atoms with Gasteiger partial charge in [0.05, 0.1) is 72.5 Å². The van der Waals surface area contributed by atoms with Crippen LogP contribution in [0.25, 0.3) is 34.7 Å². The number of aliphatic hydroxyl groups excluding tert-OH is 2. The van der Waals surface area contributed by atoms with Gasteiger partial charge in [-0.3, -0.25) is 19.2 Å². The number of nitrogens with zero attached hydrogens (tertiary/aromatic N) is 7. The molecule has 92 heavy (non-hydrogen) atoms. The highest BCUT2D eigenvalue weighted by Gasteiger charge is 2.43. The second kappa shape index (κ2) is 31.5. The van der Waals surface area contributed by atoms with Crippen LogP contribution >= 0.6 is 0 Å². The number of carboxylic acid groups (broad SMARTS) is 1. The van der Waals surface area contributed by atoms with Crippen LogP contribution < -0.4 is 13.9 Å². The molecule has 23 nitrogen and oxygen atoms in total. The molecule has 4 N–H and O–H groups in total. The van der Waals surface area contributed by atoms with Crippen LogP contribution in [0.3, 0.4) is 0 Å². The van der Waals surface area contributed by atoms with Gasteiger partial charge in [0.2, 0.25) is 37.9 Å². The SMILES string of the molecule is CC(C)c1nc(N(C)S(C)(=O)=O)nc(-c2ccc(F)cc2)c1/C=C/[C@H](C[C@@H](CC(=O)ON1C(=O)CCC1=O)O[Si](C)(C)C(C)(C)C)O[Si](C)(C)C(C)(C)C.CC(C)c1nc(N(C)S(C)(=O)=O)nc(-c2ccc(F)cc2)c1/C=C/[C@H](O)C[C@@H](O)CC(=O)N[C@@H](C)C(=O)O. The number of nitrogens with one attached hydrogen (secondary N) is 1. The Balaban J connectivity index is 0.000000417. The topological polar surface area (TPSA) is 315 Å². The molecule has 29 heteroatoms. The highest BCUT2D eigenvalue weighted by Crippen LogP contribution is 2.42. The quantitative estimate of drug-likeness (QED) is 0.0319. The van der Waals surface area contributed by atoms with Gasteiger partial charge in [-0.1, -0.05) is 93.5 Å². The Morgan fingerprint density at radius 2 is 1.07 bits per heavy atom. The predicted molar refractivity (Wildman–Crippen MR) is 355 cm³/mol. The molecule has 4 aromatic rings. The number of hydrogen-bond donors (Lipinski definition) is 4. The summed E-state index contributed by atoms with van der Waals surface area (Å²) in [6.07, 6.45) is 4.28. The first-order valence-electron chi connectivity index (χ1n) is 30.0. The van der Waals surface area contributed by atoms with Gasteiger partial charge in [-0.25, -0.2) is 59.0 Å². The van der Waals surface area contributed by atoms with Crippen molar-refractivity contribution < 1.29 is 78.6 Å². The van der Waals surface area contributed by atoms with E-state index < -0.39 is 115 Å². The van der Waals surface area contributed by atoms with E-state index in [1.165, 1.54) is 69.6 Å². The van der Waals surface area contributed by atoms with Gasteiger partial charge in [0.15, 0.2) is 16.6 Å². The summed E-state index contributed by atoms with van der Waals surface area (Å²) < 4.78 is 93.0. The molecule has 1 aliphatic rings. The van der Waals surface area contributed by atoms with Gasteiger partial charge >= 0.3 is 11.9 Å². The van der Waals surface area contributed by atoms with Crippen molar-refractivity contribution in [3.8, 4) is 22.5 Å². The molecule has 2 aromatic heterocycles. The molecule has 5 atom stereocenters. The molecule has 1 fully saturated rings. The first-order chi connectivity index (χ1) is 42.1. The minimum Gasteiger partial charge on any atom is -0.480 e. The lowest BCUT2D eigenvalue weighted by Crippen LogP contribution is -2.47. The summed E-state index contributed by atoms with van der Waals surface area (Å²) in [6.45, 7) is 29.9. The van der Waals surface area contributed by atoms with Crippen molar-refractivity contribution in [3.05, 3.63) is 94.8 Å². The molecule has 1 saturated heterocycles. The number of sulfonamides is 2. The molecular weight excluding hydrogens is 1270 g/mol. The van der Waals surface area contributed by atoms with Crippen LogP contribution in [0.2, 0.25) is 36.3 Å². The Morgan fingerprint density at radius 1 is 0.663 bits per heavy atom. The van der Waals surface area contributed by atoms with Gasteiger partial charge in [-0.05, 0) is 104 Å². The Bertz CT molecular complexity index is 3570. The van der Waals surface area contributed by atoms with E-state index in [0.29, 0.717) is 50.1 Å². The van der Waals surface area contributed by atoms with E-state index in [4.69, 9.17) is 28.8 Å². The highest BCUT2D eigenvalue weighted by molar-refractivity contribution is 7.92. The number of hydroxylamine groups is 2. The molecule has 0 aliphatic carbocycles. The first-order valence-corrected chi connectivity index (χ1v) is 39.6. The van der Waals surface area contributed by atoms with Crippen LogP contribution in [0.5, 0.6) is 0 Å². The van der Waals surface area contributed by atoms with E-state index in [0.717, 1.165) is 21.1 Å². The highest BCUT2D eigenvalue weighted by atomic mass is 32.2. The Hall–Kier alpha value is -6.74. The van der Waals surface area contributed by atoms with Gasteiger partial charge in [-0.2, -0.15) is 0 Å². The summed E-state index contributed by atoms with van der Waals surface area (Å²) in [5, 5.41) is 31.9. The lowest BCUT2D eigenvalue weighted by molar-refractivity contribution is -0.198. The number of aliphatic hydroxyl groups is 2. The maximum atomic E-state index is 14.1. The number of rotatable bonds is 27. The Labute approximate surface area is 542 Å². The molecule has 3 amide bonds. The van der Waals surface area contributed by atoms with Crippen LogP contribution in [0, 0.1) is 11.6 Å². The molecule has 0 spiro atoms. The number of amides is 3. The molecule has 5 rings (SSSR count). The van der Waals surface area contributed by atoms with Crippen LogP contribution in [0.4, 0.5) is 20.7 Å². The second-order valence-corrected chi connectivity index (χ2v) is 40.1. The zero-order valence-corrected chi connectivity index (χ0v) is 59.8. The molecule has 3 heterocycles. The molecule has 0 bridgehead atoms. The van der Waals surface area contributed by atoms with Crippen LogP contribution in [-0.2, 0) is 57.7 Å². The number of imide groups is 1. The number of benzene rings is 2. The van der Waals surface area contributed by atoms with Crippen molar-refractivity contribution in [1.82, 2.24) is 30.3 Å². The van der Waals surface area contributed by atoms with Crippen molar-refractivity contribution in [3.63, 3.8) is 0 Å². The van der Waals surface area contributed by atoms with Crippen molar-refractivity contribution in [1.29, 1.82) is 0 Å². The Kier molecular flexibility index (Phi) is 26.6. The molecule has 0 unspecified atom stereocenters. The third-order valence-electron chi connectivity index (χ3n) is 16.1. The number of aromatic nitrogens is 4. The molecule has 0 saturated carbocycles. The van der Waals surface area contributed by atoms with E-state index in [9.17, 15) is 59.8 Å². The summed E-state index contributed by atoms with van der Waals surface area (Å²) >= 11 is 0. The zero-order chi connectivity index (χ0) is 70.0. The van der Waals surface area contributed by atoms with E-state index in [2.05, 4.69) is 83.0 Å². The van der Waals surface area contributed by atoms with Gasteiger partial charge in [0, 0.05) is 62.0 Å². The number of halogens is 2. The number of aliphatic carboxylic acids is 1. The zero-order valence-electron chi connectivity index (χ0n) is 56.2. The van der Waals surface area contributed by atoms with Crippen LogP contribution in [0.15, 0.2) is 60.7 Å². The number of carboxylic acids is 1. The fourth-order valence-corrected chi connectivity index (χ4v) is 12.0. The number of anilines is 2. The monoisotopic (exact) mass is 1360 g/mol. The molecule has 2 aromatic carbocycles. The van der Waals surface area contributed by atoms with Crippen molar-refractivity contribution >= 4 is 90.4 Å². The maximum Gasteiger partial charge on any atom is 0.335 e. The van der Waals surface area contributed by atoms with Gasteiger partial charge < -0.3 is 34.3 Å². The summed E-state index contributed by atoms with van der Waals surface area (Å²) in [6, 6.07) is 10.1. The lowest BCUT2D eigenvalue weighted by atomic mass is 9.97. The third kappa shape index (κ3) is 21.9. The molecule has 508 valence electrons. The lowest BCUT2D eigenvalue weighted by Gasteiger charge is -2.42. The van der Waals surface area contributed by atoms with E-state index in [1.54, 1.807) is 12.1 Å². The largest absolute Gasteiger partial charge is 0.480 e. The average Bonchev–Trinajstić information content (AvgIpc) is 0.934. The van der Waals surface area contributed by atoms with E-state index >= 15 is 0 Å².